The number of Topliss-reactive ketones (excluding diaryl/α,β-unsaturated/α-hetero) is 1. The third-order valence-electron chi connectivity index (χ3n) is 3.28. The molecule has 0 spiro atoms. The Morgan fingerprint density at radius 2 is 2.10 bits per heavy atom. The van der Waals surface area contributed by atoms with Crippen LogP contribution in [0.3, 0.4) is 0 Å². The number of carbonyl (C=O) groups excluding carboxylic acids is 1. The molecule has 1 atom stereocenters. The third-order valence-corrected chi connectivity index (χ3v) is 4.75. The molecule has 1 unspecified atom stereocenters. The van der Waals surface area contributed by atoms with Crippen LogP contribution < -0.4 is 4.74 Å². The molecule has 2 aromatic rings. The molecule has 1 heterocycles. The van der Waals surface area contributed by atoms with Gasteiger partial charge in [-0.05, 0) is 24.3 Å². The van der Waals surface area contributed by atoms with Gasteiger partial charge in [0.05, 0.1) is 0 Å². The van der Waals surface area contributed by atoms with E-state index in [0.717, 1.165) is 4.90 Å². The van der Waals surface area contributed by atoms with Crippen LogP contribution in [0.4, 0.5) is 4.39 Å². The standard InChI is InChI=1S/C16H12ClFO2S/c17-11-4-3-5-12(18)10(11)8-13(19)15-9-21-16-7-2-1-6-14(16)20-15/h1-7,15H,8-9H2. The van der Waals surface area contributed by atoms with Gasteiger partial charge in [-0.25, -0.2) is 4.39 Å². The summed E-state index contributed by atoms with van der Waals surface area (Å²) in [5.74, 6) is 0.609. The molecule has 0 saturated heterocycles. The van der Waals surface area contributed by atoms with Gasteiger partial charge in [-0.2, -0.15) is 0 Å². The Morgan fingerprint density at radius 3 is 2.90 bits per heavy atom. The normalized spacial score (nSPS) is 17.0. The Hall–Kier alpha value is -1.52. The van der Waals surface area contributed by atoms with Crippen LogP contribution in [-0.2, 0) is 11.2 Å². The number of fused-ring (bicyclic) bond motifs is 1. The van der Waals surface area contributed by atoms with Crippen LogP contribution in [0.5, 0.6) is 5.75 Å². The first kappa shape index (κ1) is 14.4. The average Bonchev–Trinajstić information content (AvgIpc) is 2.50. The lowest BCUT2D eigenvalue weighted by Gasteiger charge is -2.24. The highest BCUT2D eigenvalue weighted by atomic mass is 35.5. The largest absolute Gasteiger partial charge is 0.481 e. The molecule has 1 aliphatic rings. The molecular weight excluding hydrogens is 311 g/mol. The Labute approximate surface area is 131 Å². The number of halogens is 2. The van der Waals surface area contributed by atoms with Crippen molar-refractivity contribution in [1.82, 2.24) is 0 Å². The average molecular weight is 323 g/mol. The summed E-state index contributed by atoms with van der Waals surface area (Å²) in [6, 6.07) is 12.0. The second-order valence-corrected chi connectivity index (χ2v) is 6.18. The molecule has 5 heteroatoms. The van der Waals surface area contributed by atoms with E-state index >= 15 is 0 Å². The summed E-state index contributed by atoms with van der Waals surface area (Å²) in [4.78, 5) is 13.3. The van der Waals surface area contributed by atoms with Crippen molar-refractivity contribution in [3.63, 3.8) is 0 Å². The summed E-state index contributed by atoms with van der Waals surface area (Å²) in [5.41, 5.74) is 0.233. The summed E-state index contributed by atoms with van der Waals surface area (Å²) in [6.07, 6.45) is -0.626. The predicted molar refractivity (Wildman–Crippen MR) is 81.7 cm³/mol. The Kier molecular flexibility index (Phi) is 4.17. The first-order valence-electron chi connectivity index (χ1n) is 6.49. The lowest BCUT2D eigenvalue weighted by molar-refractivity contribution is -0.124. The number of rotatable bonds is 3. The minimum absolute atomic E-state index is 0.0566. The number of para-hydroxylation sites is 1. The Bertz CT molecular complexity index is 669. The monoisotopic (exact) mass is 322 g/mol. The van der Waals surface area contributed by atoms with Crippen molar-refractivity contribution in [2.45, 2.75) is 17.4 Å². The molecule has 0 bridgehead atoms. The van der Waals surface area contributed by atoms with E-state index in [1.165, 1.54) is 12.1 Å². The second-order valence-electron chi connectivity index (χ2n) is 4.71. The van der Waals surface area contributed by atoms with Gasteiger partial charge in [-0.1, -0.05) is 29.8 Å². The van der Waals surface area contributed by atoms with Gasteiger partial charge in [-0.3, -0.25) is 4.79 Å². The number of thioether (sulfide) groups is 1. The highest BCUT2D eigenvalue weighted by Gasteiger charge is 2.27. The first-order valence-corrected chi connectivity index (χ1v) is 7.85. The molecular formula is C16H12ClFO2S. The third kappa shape index (κ3) is 3.06. The summed E-state index contributed by atoms with van der Waals surface area (Å²) in [7, 11) is 0. The van der Waals surface area contributed by atoms with E-state index in [9.17, 15) is 9.18 Å². The number of benzene rings is 2. The van der Waals surface area contributed by atoms with Gasteiger partial charge in [0.2, 0.25) is 0 Å². The van der Waals surface area contributed by atoms with Gasteiger partial charge in [0, 0.05) is 27.7 Å². The first-order chi connectivity index (χ1) is 10.1. The van der Waals surface area contributed by atoms with Crippen molar-refractivity contribution in [2.24, 2.45) is 0 Å². The van der Waals surface area contributed by atoms with Gasteiger partial charge in [0.1, 0.15) is 11.6 Å². The van der Waals surface area contributed by atoms with Gasteiger partial charge in [-0.15, -0.1) is 11.8 Å². The molecule has 0 fully saturated rings. The van der Waals surface area contributed by atoms with Gasteiger partial charge in [0.25, 0.3) is 0 Å². The Balaban J connectivity index is 1.76. The van der Waals surface area contributed by atoms with E-state index in [-0.39, 0.29) is 22.8 Å². The number of hydrogen-bond donors (Lipinski definition) is 0. The van der Waals surface area contributed by atoms with Crippen molar-refractivity contribution < 1.29 is 13.9 Å². The zero-order valence-corrected chi connectivity index (χ0v) is 12.6. The van der Waals surface area contributed by atoms with Crippen molar-refractivity contribution in [1.29, 1.82) is 0 Å². The van der Waals surface area contributed by atoms with E-state index in [0.29, 0.717) is 11.5 Å². The molecule has 0 radical (unpaired) electrons. The zero-order valence-electron chi connectivity index (χ0n) is 11.0. The van der Waals surface area contributed by atoms with Crippen LogP contribution in [-0.4, -0.2) is 17.6 Å². The lowest BCUT2D eigenvalue weighted by atomic mass is 10.1. The quantitative estimate of drug-likeness (QED) is 0.849. The van der Waals surface area contributed by atoms with Crippen LogP contribution in [0.15, 0.2) is 47.4 Å². The molecule has 1 aliphatic heterocycles. The minimum atomic E-state index is -0.569. The van der Waals surface area contributed by atoms with E-state index in [2.05, 4.69) is 0 Å². The van der Waals surface area contributed by atoms with Crippen LogP contribution in [0.1, 0.15) is 5.56 Å². The van der Waals surface area contributed by atoms with Crippen molar-refractivity contribution >= 4 is 29.1 Å². The van der Waals surface area contributed by atoms with Crippen LogP contribution in [0, 0.1) is 5.82 Å². The molecule has 0 saturated carbocycles. The molecule has 3 rings (SSSR count). The van der Waals surface area contributed by atoms with Gasteiger partial charge >= 0.3 is 0 Å². The highest BCUT2D eigenvalue weighted by Crippen LogP contribution is 2.35. The van der Waals surface area contributed by atoms with E-state index in [1.54, 1.807) is 17.8 Å². The topological polar surface area (TPSA) is 26.3 Å². The molecule has 108 valence electrons. The molecule has 0 aliphatic carbocycles. The number of carbonyl (C=O) groups is 1. The van der Waals surface area contributed by atoms with Gasteiger partial charge in [0.15, 0.2) is 11.9 Å². The lowest BCUT2D eigenvalue weighted by Crippen LogP contribution is -2.33. The number of ether oxygens (including phenoxy) is 1. The molecule has 0 amide bonds. The van der Waals surface area contributed by atoms with E-state index in [1.807, 2.05) is 24.3 Å². The number of ketones is 1. The fourth-order valence-electron chi connectivity index (χ4n) is 2.17. The molecule has 2 aromatic carbocycles. The maximum atomic E-state index is 13.7. The maximum Gasteiger partial charge on any atom is 0.178 e. The zero-order chi connectivity index (χ0) is 14.8. The molecule has 21 heavy (non-hydrogen) atoms. The van der Waals surface area contributed by atoms with Crippen molar-refractivity contribution in [3.8, 4) is 5.75 Å². The smallest absolute Gasteiger partial charge is 0.178 e. The van der Waals surface area contributed by atoms with E-state index in [4.69, 9.17) is 16.3 Å². The fraction of sp³-hybridized carbons (Fsp3) is 0.188. The second kappa shape index (κ2) is 6.08. The molecule has 0 N–H and O–H groups in total. The fourth-order valence-corrected chi connectivity index (χ4v) is 3.42. The summed E-state index contributed by atoms with van der Waals surface area (Å²) in [6.45, 7) is 0. The van der Waals surface area contributed by atoms with Crippen molar-refractivity contribution in [2.75, 3.05) is 5.75 Å². The summed E-state index contributed by atoms with van der Waals surface area (Å²) < 4.78 is 19.4. The minimum Gasteiger partial charge on any atom is -0.481 e. The highest BCUT2D eigenvalue weighted by molar-refractivity contribution is 7.99. The molecule has 0 aromatic heterocycles. The van der Waals surface area contributed by atoms with Crippen LogP contribution >= 0.6 is 23.4 Å². The summed E-state index contributed by atoms with van der Waals surface area (Å²) in [5, 5.41) is 0.271. The van der Waals surface area contributed by atoms with Crippen LogP contribution in [0.2, 0.25) is 5.02 Å². The van der Waals surface area contributed by atoms with E-state index < -0.39 is 11.9 Å². The molecule has 2 nitrogen and oxygen atoms in total. The SMILES string of the molecule is O=C(Cc1c(F)cccc1Cl)C1CSc2ccccc2O1. The predicted octanol–water partition coefficient (Wildman–Crippen LogP) is 4.14. The van der Waals surface area contributed by atoms with Gasteiger partial charge < -0.3 is 4.74 Å². The summed E-state index contributed by atoms with van der Waals surface area (Å²) >= 11 is 7.53. The maximum absolute atomic E-state index is 13.7. The Morgan fingerprint density at radius 1 is 1.29 bits per heavy atom. The van der Waals surface area contributed by atoms with Crippen molar-refractivity contribution in [3.05, 3.63) is 58.9 Å². The van der Waals surface area contributed by atoms with Crippen LogP contribution in [0.25, 0.3) is 0 Å². The number of hydrogen-bond acceptors (Lipinski definition) is 3.